The van der Waals surface area contributed by atoms with Crippen LogP contribution in [-0.2, 0) is 14.3 Å². The quantitative estimate of drug-likeness (QED) is 0.502. The monoisotopic (exact) mass is 222 g/mol. The van der Waals surface area contributed by atoms with E-state index in [1.165, 1.54) is 7.11 Å². The molecule has 4 atom stereocenters. The van der Waals surface area contributed by atoms with Gasteiger partial charge in [0.05, 0.1) is 7.11 Å². The Labute approximate surface area is 95.5 Å². The Balaban J connectivity index is 2.08. The zero-order valence-corrected chi connectivity index (χ0v) is 10.1. The van der Waals surface area contributed by atoms with Gasteiger partial charge in [-0.3, -0.25) is 9.59 Å². The minimum Gasteiger partial charge on any atom is -0.468 e. The first-order valence-corrected chi connectivity index (χ1v) is 6.09. The van der Waals surface area contributed by atoms with E-state index >= 15 is 0 Å². The molecule has 4 unspecified atom stereocenters. The Morgan fingerprint density at radius 2 is 2.06 bits per heavy atom. The second kappa shape index (κ2) is 2.69. The number of esters is 1. The number of carbonyl (C=O) groups is 2. The highest BCUT2D eigenvalue weighted by molar-refractivity contribution is 6.09. The maximum Gasteiger partial charge on any atom is 0.319 e. The highest BCUT2D eigenvalue weighted by Crippen LogP contribution is 2.77. The third-order valence-electron chi connectivity index (χ3n) is 5.46. The Bertz CT molecular complexity index is 385. The van der Waals surface area contributed by atoms with E-state index in [9.17, 15) is 9.59 Å². The molecule has 88 valence electrons. The molecule has 0 saturated heterocycles. The van der Waals surface area contributed by atoms with Gasteiger partial charge in [-0.05, 0) is 36.0 Å². The van der Waals surface area contributed by atoms with Gasteiger partial charge in [0.25, 0.3) is 0 Å². The Morgan fingerprint density at radius 1 is 1.38 bits per heavy atom. The summed E-state index contributed by atoms with van der Waals surface area (Å²) in [5.74, 6) is 0.854. The van der Waals surface area contributed by atoms with Crippen LogP contribution in [0.4, 0.5) is 0 Å². The normalized spacial score (nSPS) is 47.4. The molecule has 0 N–H and O–H groups in total. The molecule has 0 spiro atoms. The largest absolute Gasteiger partial charge is 0.468 e. The molecule has 0 heterocycles. The van der Waals surface area contributed by atoms with Crippen molar-refractivity contribution in [3.63, 3.8) is 0 Å². The van der Waals surface area contributed by atoms with Crippen LogP contribution in [0.25, 0.3) is 0 Å². The molecule has 0 aromatic carbocycles. The summed E-state index contributed by atoms with van der Waals surface area (Å²) < 4.78 is 4.89. The van der Waals surface area contributed by atoms with Crippen LogP contribution in [0.2, 0.25) is 0 Å². The third-order valence-corrected chi connectivity index (χ3v) is 5.46. The first kappa shape index (κ1) is 10.3. The van der Waals surface area contributed by atoms with Gasteiger partial charge < -0.3 is 4.74 Å². The van der Waals surface area contributed by atoms with E-state index in [1.807, 2.05) is 0 Å². The van der Waals surface area contributed by atoms with E-state index in [1.54, 1.807) is 0 Å². The fourth-order valence-electron chi connectivity index (χ4n) is 4.66. The number of ether oxygens (including phenoxy) is 1. The Kier molecular flexibility index (Phi) is 1.73. The molecule has 0 amide bonds. The molecule has 3 saturated carbocycles. The molecule has 2 bridgehead atoms. The van der Waals surface area contributed by atoms with Crippen LogP contribution in [0.3, 0.4) is 0 Å². The molecule has 0 aliphatic heterocycles. The second-order valence-corrected chi connectivity index (χ2v) is 6.17. The van der Waals surface area contributed by atoms with Crippen LogP contribution in [0, 0.1) is 28.6 Å². The van der Waals surface area contributed by atoms with E-state index in [0.717, 1.165) is 12.8 Å². The fourth-order valence-corrected chi connectivity index (χ4v) is 4.66. The van der Waals surface area contributed by atoms with Crippen molar-refractivity contribution in [3.8, 4) is 0 Å². The molecule has 0 aromatic heterocycles. The number of fused-ring (bicyclic) bond motifs is 2. The minimum atomic E-state index is -0.745. The molecule has 0 radical (unpaired) electrons. The summed E-state index contributed by atoms with van der Waals surface area (Å²) in [4.78, 5) is 24.2. The van der Waals surface area contributed by atoms with Gasteiger partial charge in [0.15, 0.2) is 5.78 Å². The molecule has 3 heteroatoms. The van der Waals surface area contributed by atoms with Gasteiger partial charge in [0, 0.05) is 6.42 Å². The van der Waals surface area contributed by atoms with Crippen molar-refractivity contribution in [2.75, 3.05) is 7.11 Å². The van der Waals surface area contributed by atoms with Crippen molar-refractivity contribution >= 4 is 11.8 Å². The van der Waals surface area contributed by atoms with Crippen LogP contribution in [0.15, 0.2) is 0 Å². The van der Waals surface area contributed by atoms with Crippen molar-refractivity contribution in [1.29, 1.82) is 0 Å². The maximum absolute atomic E-state index is 12.2. The predicted octanol–water partition coefficient (Wildman–Crippen LogP) is 1.80. The number of methoxy groups -OCH3 is 1. The predicted molar refractivity (Wildman–Crippen MR) is 57.6 cm³/mol. The second-order valence-electron chi connectivity index (χ2n) is 6.17. The number of carbonyl (C=O) groups excluding carboxylic acids is 2. The van der Waals surface area contributed by atoms with Crippen LogP contribution >= 0.6 is 0 Å². The van der Waals surface area contributed by atoms with Crippen LogP contribution in [0.1, 0.15) is 33.1 Å². The topological polar surface area (TPSA) is 43.4 Å². The highest BCUT2D eigenvalue weighted by atomic mass is 16.5. The molecular formula is C13H18O3. The summed E-state index contributed by atoms with van der Waals surface area (Å²) in [6.45, 7) is 4.43. The van der Waals surface area contributed by atoms with Gasteiger partial charge in [-0.25, -0.2) is 0 Å². The maximum atomic E-state index is 12.2. The van der Waals surface area contributed by atoms with E-state index in [2.05, 4.69) is 13.8 Å². The lowest BCUT2D eigenvalue weighted by Gasteiger charge is -2.41. The van der Waals surface area contributed by atoms with Gasteiger partial charge in [0.1, 0.15) is 5.41 Å². The lowest BCUT2D eigenvalue weighted by atomic mass is 9.62. The Hall–Kier alpha value is -0.860. The number of Topliss-reactive ketones (excluding diaryl/α,β-unsaturated/α-hetero) is 1. The third kappa shape index (κ3) is 0.836. The van der Waals surface area contributed by atoms with Crippen molar-refractivity contribution in [3.05, 3.63) is 0 Å². The Morgan fingerprint density at radius 3 is 2.69 bits per heavy atom. The van der Waals surface area contributed by atoms with Gasteiger partial charge in [-0.15, -0.1) is 0 Å². The van der Waals surface area contributed by atoms with Gasteiger partial charge >= 0.3 is 5.97 Å². The number of hydrogen-bond acceptors (Lipinski definition) is 3. The van der Waals surface area contributed by atoms with Crippen molar-refractivity contribution < 1.29 is 14.3 Å². The molecule has 0 aromatic rings. The summed E-state index contributed by atoms with van der Waals surface area (Å²) in [7, 11) is 1.40. The number of hydrogen-bond donors (Lipinski definition) is 0. The van der Waals surface area contributed by atoms with Gasteiger partial charge in [-0.1, -0.05) is 13.8 Å². The average Bonchev–Trinajstić information content (AvgIpc) is 2.93. The van der Waals surface area contributed by atoms with Crippen LogP contribution in [-0.4, -0.2) is 18.9 Å². The number of ketones is 1. The summed E-state index contributed by atoms with van der Waals surface area (Å²) in [6.07, 6.45) is 2.70. The SMILES string of the molecule is COC(=O)C12C(=O)CC3CCC1C2C3(C)C. The molecule has 3 nitrogen and oxygen atoms in total. The number of rotatable bonds is 1. The standard InChI is InChI=1S/C13H18O3/c1-12(2)7-4-5-8-10(12)13(8,9(14)6-7)11(15)16-3/h7-8,10H,4-6H2,1-3H3. The molecular weight excluding hydrogens is 204 g/mol. The van der Waals surface area contributed by atoms with Crippen molar-refractivity contribution in [1.82, 2.24) is 0 Å². The summed E-state index contributed by atoms with van der Waals surface area (Å²) in [5, 5.41) is 0. The van der Waals surface area contributed by atoms with E-state index in [0.29, 0.717) is 12.3 Å². The molecule has 3 aliphatic carbocycles. The summed E-state index contributed by atoms with van der Waals surface area (Å²) in [6, 6.07) is 0. The lowest BCUT2D eigenvalue weighted by Crippen LogP contribution is -2.42. The average molecular weight is 222 g/mol. The molecule has 3 fully saturated rings. The summed E-state index contributed by atoms with van der Waals surface area (Å²) in [5.41, 5.74) is -0.615. The molecule has 3 aliphatic rings. The van der Waals surface area contributed by atoms with E-state index in [4.69, 9.17) is 4.74 Å². The van der Waals surface area contributed by atoms with Crippen LogP contribution in [0.5, 0.6) is 0 Å². The first-order chi connectivity index (χ1) is 7.47. The summed E-state index contributed by atoms with van der Waals surface area (Å²) >= 11 is 0. The van der Waals surface area contributed by atoms with Crippen molar-refractivity contribution in [2.24, 2.45) is 28.6 Å². The lowest BCUT2D eigenvalue weighted by molar-refractivity contribution is -0.156. The minimum absolute atomic E-state index is 0.130. The zero-order chi connectivity index (χ0) is 11.7. The van der Waals surface area contributed by atoms with Crippen LogP contribution < -0.4 is 0 Å². The van der Waals surface area contributed by atoms with E-state index in [-0.39, 0.29) is 29.0 Å². The molecule has 3 rings (SSSR count). The van der Waals surface area contributed by atoms with Gasteiger partial charge in [-0.2, -0.15) is 0 Å². The highest BCUT2D eigenvalue weighted by Gasteiger charge is 2.82. The van der Waals surface area contributed by atoms with Gasteiger partial charge in [0.2, 0.25) is 0 Å². The first-order valence-electron chi connectivity index (χ1n) is 6.09. The van der Waals surface area contributed by atoms with E-state index < -0.39 is 5.41 Å². The zero-order valence-electron chi connectivity index (χ0n) is 10.1. The van der Waals surface area contributed by atoms with Crippen molar-refractivity contribution in [2.45, 2.75) is 33.1 Å². The fraction of sp³-hybridized carbons (Fsp3) is 0.846. The smallest absolute Gasteiger partial charge is 0.319 e. The molecule has 16 heavy (non-hydrogen) atoms.